The number of halogens is 1. The van der Waals surface area contributed by atoms with Gasteiger partial charge in [-0.15, -0.1) is 6.42 Å². The average molecular weight is 427 g/mol. The Bertz CT molecular complexity index is 1100. The summed E-state index contributed by atoms with van der Waals surface area (Å²) in [7, 11) is 1.52. The topological polar surface area (TPSA) is 72.8 Å². The fourth-order valence-corrected chi connectivity index (χ4v) is 3.23. The lowest BCUT2D eigenvalue weighted by atomic mass is 10.0. The molecule has 1 aromatic carbocycles. The second-order valence-corrected chi connectivity index (χ2v) is 8.21. The normalized spacial score (nSPS) is 13.7. The van der Waals surface area contributed by atoms with Crippen molar-refractivity contribution in [2.45, 2.75) is 32.8 Å². The molecule has 7 nitrogen and oxygen atoms in total. The number of nitrogens with one attached hydrogen (secondary N) is 1. The summed E-state index contributed by atoms with van der Waals surface area (Å²) >= 11 is 0. The number of anilines is 2. The first-order valence-electron chi connectivity index (χ1n) is 9.95. The number of carbonyl (C=O) groups is 1. The van der Waals surface area contributed by atoms with E-state index in [0.29, 0.717) is 30.7 Å². The standard InChI is InChI=1S/C23H26FN3O4/c1-6-15-7-8-18(17(24)13-15)25-21-20-16(14-19(28)26(21)5)9-10-27(22(20)29)31-12-11-30-23(2,3)4/h1,7-8,13-14,25H,9-12H2,2-5H3. The van der Waals surface area contributed by atoms with Gasteiger partial charge in [0.15, 0.2) is 0 Å². The highest BCUT2D eigenvalue weighted by Gasteiger charge is 2.30. The Labute approximate surface area is 180 Å². The third kappa shape index (κ3) is 5.13. The van der Waals surface area contributed by atoms with Gasteiger partial charge in [-0.25, -0.2) is 9.45 Å². The minimum Gasteiger partial charge on any atom is -0.373 e. The molecule has 0 aliphatic carbocycles. The molecule has 2 aromatic rings. The maximum atomic E-state index is 14.5. The number of hydroxylamine groups is 2. The highest BCUT2D eigenvalue weighted by molar-refractivity contribution is 6.01. The van der Waals surface area contributed by atoms with E-state index in [9.17, 15) is 14.0 Å². The van der Waals surface area contributed by atoms with Crippen LogP contribution in [0.4, 0.5) is 15.9 Å². The van der Waals surface area contributed by atoms with Crippen LogP contribution in [0.15, 0.2) is 29.1 Å². The summed E-state index contributed by atoms with van der Waals surface area (Å²) < 4.78 is 21.4. The van der Waals surface area contributed by atoms with Crippen molar-refractivity contribution in [3.8, 4) is 12.3 Å². The molecule has 8 heteroatoms. The Morgan fingerprint density at radius 2 is 1.97 bits per heavy atom. The van der Waals surface area contributed by atoms with Gasteiger partial charge in [0.2, 0.25) is 0 Å². The van der Waals surface area contributed by atoms with E-state index < -0.39 is 11.7 Å². The molecule has 1 aliphatic heterocycles. The van der Waals surface area contributed by atoms with Gasteiger partial charge < -0.3 is 10.1 Å². The van der Waals surface area contributed by atoms with E-state index in [1.807, 2.05) is 20.8 Å². The number of hydrogen-bond acceptors (Lipinski definition) is 5. The van der Waals surface area contributed by atoms with Crippen LogP contribution in [0.25, 0.3) is 0 Å². The third-order valence-corrected chi connectivity index (χ3v) is 4.80. The van der Waals surface area contributed by atoms with Crippen LogP contribution in [0.2, 0.25) is 0 Å². The van der Waals surface area contributed by atoms with Crippen LogP contribution in [-0.2, 0) is 23.0 Å². The molecule has 0 unspecified atom stereocenters. The van der Waals surface area contributed by atoms with Crippen molar-refractivity contribution >= 4 is 17.4 Å². The van der Waals surface area contributed by atoms with Gasteiger partial charge in [0.25, 0.3) is 11.5 Å². The molecule has 0 saturated heterocycles. The first kappa shape index (κ1) is 22.5. The Morgan fingerprint density at radius 3 is 2.61 bits per heavy atom. The van der Waals surface area contributed by atoms with Crippen molar-refractivity contribution in [1.29, 1.82) is 0 Å². The Balaban J connectivity index is 1.88. The zero-order chi connectivity index (χ0) is 22.8. The van der Waals surface area contributed by atoms with Crippen molar-refractivity contribution in [3.63, 3.8) is 0 Å². The predicted octanol–water partition coefficient (Wildman–Crippen LogP) is 2.99. The lowest BCUT2D eigenvalue weighted by Crippen LogP contribution is -2.41. The fourth-order valence-electron chi connectivity index (χ4n) is 3.23. The molecule has 0 bridgehead atoms. The smallest absolute Gasteiger partial charge is 0.281 e. The molecular formula is C23H26FN3O4. The van der Waals surface area contributed by atoms with Crippen LogP contribution in [0, 0.1) is 18.2 Å². The van der Waals surface area contributed by atoms with Crippen molar-refractivity contribution in [3.05, 3.63) is 57.1 Å². The van der Waals surface area contributed by atoms with Crippen LogP contribution < -0.4 is 10.9 Å². The van der Waals surface area contributed by atoms with Gasteiger partial charge in [0.05, 0.1) is 36.6 Å². The lowest BCUT2D eigenvalue weighted by Gasteiger charge is -2.30. The highest BCUT2D eigenvalue weighted by Crippen LogP contribution is 2.28. The molecule has 31 heavy (non-hydrogen) atoms. The molecule has 0 fully saturated rings. The number of aromatic nitrogens is 1. The minimum absolute atomic E-state index is 0.104. The second-order valence-electron chi connectivity index (χ2n) is 8.21. The molecule has 3 rings (SSSR count). The largest absolute Gasteiger partial charge is 0.373 e. The van der Waals surface area contributed by atoms with Gasteiger partial charge in [0, 0.05) is 18.7 Å². The fraction of sp³-hybridized carbons (Fsp3) is 0.391. The highest BCUT2D eigenvalue weighted by atomic mass is 19.1. The molecule has 164 valence electrons. The zero-order valence-corrected chi connectivity index (χ0v) is 18.1. The number of terminal acetylenes is 1. The summed E-state index contributed by atoms with van der Waals surface area (Å²) in [6, 6.07) is 5.68. The molecule has 1 aliphatic rings. The number of carbonyl (C=O) groups excluding carboxylic acids is 1. The van der Waals surface area contributed by atoms with E-state index in [4.69, 9.17) is 16.0 Å². The summed E-state index contributed by atoms with van der Waals surface area (Å²) in [6.45, 7) is 6.63. The first-order valence-corrected chi connectivity index (χ1v) is 9.95. The predicted molar refractivity (Wildman–Crippen MR) is 116 cm³/mol. The summed E-state index contributed by atoms with van der Waals surface area (Å²) in [5, 5.41) is 4.14. The Hall–Kier alpha value is -3.15. The quantitative estimate of drug-likeness (QED) is 0.567. The molecule has 1 aromatic heterocycles. The number of fused-ring (bicyclic) bond motifs is 1. The number of rotatable bonds is 6. The van der Waals surface area contributed by atoms with Gasteiger partial charge in [-0.1, -0.05) is 5.92 Å². The average Bonchev–Trinajstić information content (AvgIpc) is 2.70. The van der Waals surface area contributed by atoms with Crippen LogP contribution >= 0.6 is 0 Å². The maximum absolute atomic E-state index is 14.5. The molecule has 1 N–H and O–H groups in total. The molecule has 0 saturated carbocycles. The molecule has 0 spiro atoms. The molecule has 1 amide bonds. The third-order valence-electron chi connectivity index (χ3n) is 4.80. The van der Waals surface area contributed by atoms with E-state index in [0.717, 1.165) is 0 Å². The van der Waals surface area contributed by atoms with E-state index in [1.54, 1.807) is 6.07 Å². The van der Waals surface area contributed by atoms with E-state index in [2.05, 4.69) is 11.2 Å². The summed E-state index contributed by atoms with van der Waals surface area (Å²) in [4.78, 5) is 31.2. The van der Waals surface area contributed by atoms with Crippen molar-refractivity contribution in [2.24, 2.45) is 7.05 Å². The van der Waals surface area contributed by atoms with Crippen molar-refractivity contribution in [1.82, 2.24) is 9.63 Å². The number of hydrogen-bond donors (Lipinski definition) is 1. The van der Waals surface area contributed by atoms with E-state index in [-0.39, 0.29) is 34.8 Å². The number of benzene rings is 1. The summed E-state index contributed by atoms with van der Waals surface area (Å²) in [5.41, 5.74) is 0.734. The molecule has 0 radical (unpaired) electrons. The molecular weight excluding hydrogens is 401 g/mol. The molecule has 2 heterocycles. The first-order chi connectivity index (χ1) is 14.6. The van der Waals surface area contributed by atoms with Gasteiger partial charge in [0.1, 0.15) is 11.6 Å². The molecule has 0 atom stereocenters. The minimum atomic E-state index is -0.587. The van der Waals surface area contributed by atoms with Crippen LogP contribution in [0.3, 0.4) is 0 Å². The van der Waals surface area contributed by atoms with Crippen molar-refractivity contribution < 1.29 is 18.8 Å². The van der Waals surface area contributed by atoms with Crippen LogP contribution in [0.5, 0.6) is 0 Å². The number of amides is 1. The SMILES string of the molecule is C#Cc1ccc(Nc2c3c(cc(=O)n2C)CCN(OCCOC(C)(C)C)C3=O)c(F)c1. The van der Waals surface area contributed by atoms with Gasteiger partial charge in [-0.05, 0) is 51.0 Å². The lowest BCUT2D eigenvalue weighted by molar-refractivity contribution is -0.148. The van der Waals surface area contributed by atoms with Crippen LogP contribution in [-0.4, -0.2) is 40.9 Å². The number of pyridine rings is 1. The van der Waals surface area contributed by atoms with Gasteiger partial charge >= 0.3 is 0 Å². The van der Waals surface area contributed by atoms with Crippen LogP contribution in [0.1, 0.15) is 42.3 Å². The maximum Gasteiger partial charge on any atom is 0.281 e. The Morgan fingerprint density at radius 1 is 1.23 bits per heavy atom. The zero-order valence-electron chi connectivity index (χ0n) is 18.1. The van der Waals surface area contributed by atoms with E-state index >= 15 is 0 Å². The van der Waals surface area contributed by atoms with Crippen molar-refractivity contribution in [2.75, 3.05) is 25.1 Å². The summed E-state index contributed by atoms with van der Waals surface area (Å²) in [6.07, 6.45) is 5.74. The number of ether oxygens (including phenoxy) is 1. The monoisotopic (exact) mass is 427 g/mol. The Kier molecular flexibility index (Phi) is 6.48. The second kappa shape index (κ2) is 8.92. The van der Waals surface area contributed by atoms with Gasteiger partial charge in [-0.2, -0.15) is 0 Å². The van der Waals surface area contributed by atoms with E-state index in [1.165, 1.54) is 34.9 Å². The number of nitrogens with zero attached hydrogens (tertiary/aromatic N) is 2. The summed E-state index contributed by atoms with van der Waals surface area (Å²) in [5.74, 6) is 1.57. The van der Waals surface area contributed by atoms with Gasteiger partial charge in [-0.3, -0.25) is 19.0 Å².